The molecular formula is C19H21BrN2O4. The molecule has 0 fully saturated rings. The van der Waals surface area contributed by atoms with Crippen molar-refractivity contribution in [2.45, 2.75) is 32.2 Å². The zero-order chi connectivity index (χ0) is 19.2. The Morgan fingerprint density at radius 2 is 2.04 bits per heavy atom. The summed E-state index contributed by atoms with van der Waals surface area (Å²) in [7, 11) is 1.30. The van der Waals surface area contributed by atoms with E-state index in [1.807, 2.05) is 25.1 Å². The number of nitrogens with one attached hydrogen (secondary N) is 1. The molecule has 0 saturated carbocycles. The summed E-state index contributed by atoms with van der Waals surface area (Å²) < 4.78 is 11.3. The van der Waals surface area contributed by atoms with Crippen LogP contribution in [-0.4, -0.2) is 29.5 Å². The Morgan fingerprint density at radius 1 is 1.27 bits per heavy atom. The van der Waals surface area contributed by atoms with Crippen molar-refractivity contribution in [3.05, 3.63) is 52.6 Å². The molecule has 7 heteroatoms. The number of pyridine rings is 1. The number of esters is 1. The summed E-state index contributed by atoms with van der Waals surface area (Å²) in [5.74, 6) is 0.123. The van der Waals surface area contributed by atoms with Gasteiger partial charge in [-0.15, -0.1) is 0 Å². The molecule has 0 aliphatic heterocycles. The van der Waals surface area contributed by atoms with Crippen LogP contribution in [0.1, 0.15) is 37.0 Å². The van der Waals surface area contributed by atoms with Gasteiger partial charge in [0.15, 0.2) is 0 Å². The molecule has 1 amide bonds. The highest BCUT2D eigenvalue weighted by molar-refractivity contribution is 9.10. The first kappa shape index (κ1) is 19.9. The van der Waals surface area contributed by atoms with Gasteiger partial charge in [-0.25, -0.2) is 9.78 Å². The summed E-state index contributed by atoms with van der Waals surface area (Å²) in [4.78, 5) is 28.6. The van der Waals surface area contributed by atoms with Crippen molar-refractivity contribution < 1.29 is 19.1 Å². The molecule has 1 aromatic carbocycles. The second kappa shape index (κ2) is 8.80. The molecule has 1 unspecified atom stereocenters. The van der Waals surface area contributed by atoms with Crippen LogP contribution in [-0.2, 0) is 9.53 Å². The van der Waals surface area contributed by atoms with E-state index in [0.29, 0.717) is 23.6 Å². The van der Waals surface area contributed by atoms with Crippen molar-refractivity contribution in [2.24, 2.45) is 0 Å². The predicted molar refractivity (Wildman–Crippen MR) is 101 cm³/mol. The minimum atomic E-state index is -1.08. The van der Waals surface area contributed by atoms with Gasteiger partial charge in [0.1, 0.15) is 11.3 Å². The van der Waals surface area contributed by atoms with E-state index < -0.39 is 17.4 Å². The number of carbonyl (C=O) groups excluding carboxylic acids is 2. The average Bonchev–Trinajstić information content (AvgIpc) is 2.61. The van der Waals surface area contributed by atoms with Crippen molar-refractivity contribution in [3.8, 4) is 11.6 Å². The zero-order valence-corrected chi connectivity index (χ0v) is 16.5. The number of nitrogens with zero attached hydrogens (tertiary/aromatic N) is 1. The fraction of sp³-hybridized carbons (Fsp3) is 0.316. The van der Waals surface area contributed by atoms with Gasteiger partial charge in [-0.3, -0.25) is 4.79 Å². The minimum absolute atomic E-state index is 0.331. The number of carbonyl (C=O) groups is 2. The van der Waals surface area contributed by atoms with Crippen LogP contribution in [0.5, 0.6) is 11.6 Å². The summed E-state index contributed by atoms with van der Waals surface area (Å²) >= 11 is 3.37. The fourth-order valence-electron chi connectivity index (χ4n) is 2.49. The standard InChI is InChI=1S/C19H21BrN2O4/c1-4-10-19(2,18(24)25-3)22-17(23)13-8-9-16(21-12-13)26-15-7-5-6-14(20)11-15/h5-9,11-12H,4,10H2,1-3H3,(H,22,23). The van der Waals surface area contributed by atoms with Gasteiger partial charge in [0, 0.05) is 16.7 Å². The molecule has 138 valence electrons. The van der Waals surface area contributed by atoms with Gasteiger partial charge in [-0.1, -0.05) is 35.3 Å². The normalized spacial score (nSPS) is 12.8. The third kappa shape index (κ3) is 5.05. The molecule has 0 spiro atoms. The van der Waals surface area contributed by atoms with E-state index >= 15 is 0 Å². The molecule has 6 nitrogen and oxygen atoms in total. The first-order chi connectivity index (χ1) is 12.4. The van der Waals surface area contributed by atoms with Crippen LogP contribution < -0.4 is 10.1 Å². The Bertz CT molecular complexity index is 779. The summed E-state index contributed by atoms with van der Waals surface area (Å²) in [5, 5.41) is 2.74. The third-order valence-electron chi connectivity index (χ3n) is 3.79. The Hall–Kier alpha value is -2.41. The van der Waals surface area contributed by atoms with E-state index in [4.69, 9.17) is 9.47 Å². The molecule has 0 aliphatic carbocycles. The molecule has 26 heavy (non-hydrogen) atoms. The molecule has 0 bridgehead atoms. The van der Waals surface area contributed by atoms with Crippen LogP contribution >= 0.6 is 15.9 Å². The van der Waals surface area contributed by atoms with Gasteiger partial charge in [0.2, 0.25) is 5.88 Å². The van der Waals surface area contributed by atoms with E-state index in [1.54, 1.807) is 25.1 Å². The third-order valence-corrected chi connectivity index (χ3v) is 4.29. The zero-order valence-electron chi connectivity index (χ0n) is 14.9. The molecule has 1 N–H and O–H groups in total. The van der Waals surface area contributed by atoms with Crippen LogP contribution in [0.15, 0.2) is 47.1 Å². The Kier molecular flexibility index (Phi) is 6.74. The monoisotopic (exact) mass is 420 g/mol. The largest absolute Gasteiger partial charge is 0.467 e. The lowest BCUT2D eigenvalue weighted by molar-refractivity contribution is -0.147. The second-order valence-electron chi connectivity index (χ2n) is 5.97. The maximum atomic E-state index is 12.5. The number of methoxy groups -OCH3 is 1. The molecule has 0 saturated heterocycles. The van der Waals surface area contributed by atoms with E-state index in [9.17, 15) is 9.59 Å². The topological polar surface area (TPSA) is 77.5 Å². The van der Waals surface area contributed by atoms with E-state index in [0.717, 1.165) is 10.9 Å². The van der Waals surface area contributed by atoms with Crippen molar-refractivity contribution in [2.75, 3.05) is 7.11 Å². The lowest BCUT2D eigenvalue weighted by atomic mass is 9.95. The summed E-state index contributed by atoms with van der Waals surface area (Å²) in [6.45, 7) is 3.58. The molecule has 1 aromatic heterocycles. The van der Waals surface area contributed by atoms with E-state index in [2.05, 4.69) is 26.2 Å². The van der Waals surface area contributed by atoms with Crippen LogP contribution in [0.25, 0.3) is 0 Å². The molecule has 0 radical (unpaired) electrons. The van der Waals surface area contributed by atoms with Crippen LogP contribution in [0.4, 0.5) is 0 Å². The Balaban J connectivity index is 2.09. The maximum Gasteiger partial charge on any atom is 0.331 e. The molecule has 2 rings (SSSR count). The van der Waals surface area contributed by atoms with Crippen LogP contribution in [0.3, 0.4) is 0 Å². The molecule has 1 heterocycles. The number of hydrogen-bond acceptors (Lipinski definition) is 5. The van der Waals surface area contributed by atoms with Crippen molar-refractivity contribution in [1.29, 1.82) is 0 Å². The number of rotatable bonds is 7. The molecular weight excluding hydrogens is 400 g/mol. The van der Waals surface area contributed by atoms with E-state index in [-0.39, 0.29) is 0 Å². The smallest absolute Gasteiger partial charge is 0.331 e. The second-order valence-corrected chi connectivity index (χ2v) is 6.89. The highest BCUT2D eigenvalue weighted by atomic mass is 79.9. The van der Waals surface area contributed by atoms with Gasteiger partial charge in [-0.05, 0) is 37.6 Å². The molecule has 1 atom stereocenters. The van der Waals surface area contributed by atoms with Crippen LogP contribution in [0, 0.1) is 0 Å². The van der Waals surface area contributed by atoms with Crippen LogP contribution in [0.2, 0.25) is 0 Å². The lowest BCUT2D eigenvalue weighted by Gasteiger charge is -2.27. The van der Waals surface area contributed by atoms with Gasteiger partial charge in [-0.2, -0.15) is 0 Å². The number of hydrogen-bond donors (Lipinski definition) is 1. The summed E-state index contributed by atoms with van der Waals surface area (Å²) in [6, 6.07) is 10.6. The molecule has 0 aliphatic rings. The number of halogens is 1. The molecule has 2 aromatic rings. The number of benzene rings is 1. The minimum Gasteiger partial charge on any atom is -0.467 e. The summed E-state index contributed by atoms with van der Waals surface area (Å²) in [6.07, 6.45) is 2.61. The number of aromatic nitrogens is 1. The quantitative estimate of drug-likeness (QED) is 0.682. The van der Waals surface area contributed by atoms with E-state index in [1.165, 1.54) is 13.3 Å². The summed E-state index contributed by atoms with van der Waals surface area (Å²) in [5.41, 5.74) is -0.746. The fourth-order valence-corrected chi connectivity index (χ4v) is 2.87. The Labute approximate surface area is 161 Å². The number of amides is 1. The highest BCUT2D eigenvalue weighted by Gasteiger charge is 2.35. The SMILES string of the molecule is CCCC(C)(NC(=O)c1ccc(Oc2cccc(Br)c2)nc1)C(=O)OC. The van der Waals surface area contributed by atoms with Gasteiger partial charge < -0.3 is 14.8 Å². The van der Waals surface area contributed by atoms with Crippen molar-refractivity contribution in [3.63, 3.8) is 0 Å². The first-order valence-electron chi connectivity index (χ1n) is 8.18. The van der Waals surface area contributed by atoms with Crippen molar-refractivity contribution in [1.82, 2.24) is 10.3 Å². The highest BCUT2D eigenvalue weighted by Crippen LogP contribution is 2.23. The lowest BCUT2D eigenvalue weighted by Crippen LogP contribution is -2.52. The average molecular weight is 421 g/mol. The predicted octanol–water partition coefficient (Wildman–Crippen LogP) is 4.10. The van der Waals surface area contributed by atoms with Crippen molar-refractivity contribution >= 4 is 27.8 Å². The maximum absolute atomic E-state index is 12.5. The first-order valence-corrected chi connectivity index (χ1v) is 8.97. The van der Waals surface area contributed by atoms with Gasteiger partial charge >= 0.3 is 5.97 Å². The van der Waals surface area contributed by atoms with Gasteiger partial charge in [0.25, 0.3) is 5.91 Å². The number of ether oxygens (including phenoxy) is 2. The Morgan fingerprint density at radius 3 is 2.62 bits per heavy atom. The van der Waals surface area contributed by atoms with Gasteiger partial charge in [0.05, 0.1) is 12.7 Å².